The molecule has 0 bridgehead atoms. The first-order chi connectivity index (χ1) is 7.49. The first-order valence-corrected chi connectivity index (χ1v) is 5.28. The van der Waals surface area contributed by atoms with E-state index in [1.165, 1.54) is 0 Å². The van der Waals surface area contributed by atoms with Crippen molar-refractivity contribution in [1.29, 1.82) is 0 Å². The molecule has 2 rings (SSSR count). The van der Waals surface area contributed by atoms with Gasteiger partial charge in [0.2, 0.25) is 5.91 Å². The third kappa shape index (κ3) is 1.73. The maximum Gasteiger partial charge on any atom is 0.311 e. The Balaban J connectivity index is 2.43. The van der Waals surface area contributed by atoms with Crippen molar-refractivity contribution < 1.29 is 19.5 Å². The fourth-order valence-corrected chi connectivity index (χ4v) is 2.37. The molecule has 0 aromatic rings. The number of ketones is 1. The Morgan fingerprint density at radius 1 is 1.31 bits per heavy atom. The highest BCUT2D eigenvalue weighted by atomic mass is 16.4. The minimum Gasteiger partial charge on any atom is -0.481 e. The first kappa shape index (κ1) is 10.9. The summed E-state index contributed by atoms with van der Waals surface area (Å²) in [7, 11) is 0. The van der Waals surface area contributed by atoms with E-state index < -0.39 is 11.9 Å². The molecule has 1 aliphatic heterocycles. The minimum absolute atomic E-state index is 0.131. The number of carbonyl (C=O) groups is 3. The number of aliphatic carboxylic acids is 1. The van der Waals surface area contributed by atoms with Crippen molar-refractivity contribution in [3.05, 3.63) is 11.3 Å². The van der Waals surface area contributed by atoms with Crippen molar-refractivity contribution in [2.75, 3.05) is 0 Å². The van der Waals surface area contributed by atoms with Crippen LogP contribution in [0.3, 0.4) is 0 Å². The van der Waals surface area contributed by atoms with Gasteiger partial charge in [-0.1, -0.05) is 6.92 Å². The Kier molecular flexibility index (Phi) is 2.53. The lowest BCUT2D eigenvalue weighted by atomic mass is 9.78. The fourth-order valence-electron chi connectivity index (χ4n) is 2.37. The van der Waals surface area contributed by atoms with Gasteiger partial charge in [-0.25, -0.2) is 0 Å². The van der Waals surface area contributed by atoms with Crippen LogP contribution in [0.15, 0.2) is 11.3 Å². The van der Waals surface area contributed by atoms with Gasteiger partial charge >= 0.3 is 5.97 Å². The fraction of sp³-hybridized carbons (Fsp3) is 0.545. The Morgan fingerprint density at radius 3 is 2.62 bits per heavy atom. The van der Waals surface area contributed by atoms with Gasteiger partial charge in [0.25, 0.3) is 0 Å². The number of nitrogens with one attached hydrogen (secondary N) is 1. The van der Waals surface area contributed by atoms with Crippen LogP contribution >= 0.6 is 0 Å². The Labute approximate surface area is 92.5 Å². The van der Waals surface area contributed by atoms with E-state index in [9.17, 15) is 14.4 Å². The van der Waals surface area contributed by atoms with E-state index >= 15 is 0 Å². The molecular weight excluding hydrogens is 210 g/mol. The highest BCUT2D eigenvalue weighted by molar-refractivity contribution is 6.05. The summed E-state index contributed by atoms with van der Waals surface area (Å²) in [5, 5.41) is 11.6. The second kappa shape index (κ2) is 3.73. The molecule has 1 amide bonds. The zero-order valence-corrected chi connectivity index (χ0v) is 8.95. The predicted octanol–water partition coefficient (Wildman–Crippen LogP) is 0.460. The summed E-state index contributed by atoms with van der Waals surface area (Å²) in [5.74, 6) is -2.33. The number of Topliss-reactive ketones (excluding diaryl/α,β-unsaturated/α-hetero) is 1. The number of carboxylic acids is 1. The topological polar surface area (TPSA) is 83.5 Å². The van der Waals surface area contributed by atoms with Crippen molar-refractivity contribution in [2.45, 2.75) is 26.2 Å². The minimum atomic E-state index is -1.09. The number of amides is 1. The van der Waals surface area contributed by atoms with E-state index in [0.717, 1.165) is 0 Å². The summed E-state index contributed by atoms with van der Waals surface area (Å²) in [4.78, 5) is 34.1. The molecule has 0 aromatic carbocycles. The molecule has 2 aliphatic rings. The van der Waals surface area contributed by atoms with Gasteiger partial charge in [0.1, 0.15) is 0 Å². The van der Waals surface area contributed by atoms with Crippen LogP contribution in [0.5, 0.6) is 0 Å². The second-order valence-electron chi connectivity index (χ2n) is 4.47. The molecule has 0 aromatic heterocycles. The smallest absolute Gasteiger partial charge is 0.311 e. The van der Waals surface area contributed by atoms with E-state index in [2.05, 4.69) is 5.32 Å². The Morgan fingerprint density at radius 2 is 2.00 bits per heavy atom. The molecule has 1 heterocycles. The summed E-state index contributed by atoms with van der Waals surface area (Å²) < 4.78 is 0. The van der Waals surface area contributed by atoms with Gasteiger partial charge in [-0.15, -0.1) is 0 Å². The largest absolute Gasteiger partial charge is 0.481 e. The molecule has 16 heavy (non-hydrogen) atoms. The molecule has 0 saturated carbocycles. The van der Waals surface area contributed by atoms with Crippen molar-refractivity contribution >= 4 is 17.7 Å². The van der Waals surface area contributed by atoms with Crippen molar-refractivity contribution in [3.8, 4) is 0 Å². The van der Waals surface area contributed by atoms with Crippen molar-refractivity contribution in [2.24, 2.45) is 11.8 Å². The van der Waals surface area contributed by atoms with E-state index in [-0.39, 0.29) is 24.0 Å². The van der Waals surface area contributed by atoms with Crippen LogP contribution in [0.1, 0.15) is 26.2 Å². The summed E-state index contributed by atoms with van der Waals surface area (Å²) >= 11 is 0. The van der Waals surface area contributed by atoms with Crippen LogP contribution in [-0.2, 0) is 14.4 Å². The molecule has 2 atom stereocenters. The number of allylic oxidation sites excluding steroid dienone is 1. The molecule has 2 unspecified atom stereocenters. The van der Waals surface area contributed by atoms with E-state index in [0.29, 0.717) is 24.1 Å². The average molecular weight is 223 g/mol. The van der Waals surface area contributed by atoms with Crippen LogP contribution in [0.4, 0.5) is 0 Å². The van der Waals surface area contributed by atoms with Gasteiger partial charge < -0.3 is 10.4 Å². The summed E-state index contributed by atoms with van der Waals surface area (Å²) in [5.41, 5.74) is 0.831. The van der Waals surface area contributed by atoms with Gasteiger partial charge in [-0.05, 0) is 12.3 Å². The molecule has 0 spiro atoms. The standard InChI is InChI=1S/C11H13NO4/c1-5-2-7-10(8(13)3-5)6(11(15)16)4-9(14)12-7/h5-6H,2-4H2,1H3,(H,12,14)(H,15,16). The molecule has 1 aliphatic carbocycles. The zero-order chi connectivity index (χ0) is 11.9. The number of rotatable bonds is 1. The summed E-state index contributed by atoms with van der Waals surface area (Å²) in [6, 6.07) is 0. The lowest BCUT2D eigenvalue weighted by molar-refractivity contribution is -0.144. The second-order valence-corrected chi connectivity index (χ2v) is 4.47. The molecule has 5 nitrogen and oxygen atoms in total. The lowest BCUT2D eigenvalue weighted by Crippen LogP contribution is -2.41. The van der Waals surface area contributed by atoms with E-state index in [1.807, 2.05) is 6.92 Å². The quantitative estimate of drug-likeness (QED) is 0.676. The number of hydrogen-bond acceptors (Lipinski definition) is 3. The van der Waals surface area contributed by atoms with Crippen LogP contribution in [0.2, 0.25) is 0 Å². The molecule has 2 N–H and O–H groups in total. The van der Waals surface area contributed by atoms with Crippen LogP contribution in [-0.4, -0.2) is 22.8 Å². The van der Waals surface area contributed by atoms with Crippen LogP contribution < -0.4 is 5.32 Å². The average Bonchev–Trinajstić information content (AvgIpc) is 2.14. The van der Waals surface area contributed by atoms with Gasteiger partial charge in [0.05, 0.1) is 5.92 Å². The zero-order valence-electron chi connectivity index (χ0n) is 8.95. The highest BCUT2D eigenvalue weighted by Crippen LogP contribution is 2.33. The SMILES string of the molecule is CC1CC(=O)C2=C(C1)NC(=O)CC2C(=O)O. The number of carboxylic acid groups (broad SMARTS) is 1. The monoisotopic (exact) mass is 223 g/mol. The van der Waals surface area contributed by atoms with Crippen molar-refractivity contribution in [1.82, 2.24) is 5.32 Å². The molecule has 0 saturated heterocycles. The Bertz CT molecular complexity index is 410. The molecule has 0 radical (unpaired) electrons. The highest BCUT2D eigenvalue weighted by Gasteiger charge is 2.39. The van der Waals surface area contributed by atoms with E-state index in [4.69, 9.17) is 5.11 Å². The van der Waals surface area contributed by atoms with Gasteiger partial charge in [0.15, 0.2) is 5.78 Å². The van der Waals surface area contributed by atoms with Crippen LogP contribution in [0.25, 0.3) is 0 Å². The first-order valence-electron chi connectivity index (χ1n) is 5.28. The van der Waals surface area contributed by atoms with Crippen molar-refractivity contribution in [3.63, 3.8) is 0 Å². The van der Waals surface area contributed by atoms with Gasteiger partial charge in [0, 0.05) is 24.1 Å². The summed E-state index contributed by atoms with van der Waals surface area (Å²) in [6.45, 7) is 1.91. The summed E-state index contributed by atoms with van der Waals surface area (Å²) in [6.07, 6.45) is 0.823. The van der Waals surface area contributed by atoms with Crippen LogP contribution in [0, 0.1) is 11.8 Å². The maximum atomic E-state index is 11.8. The molecule has 86 valence electrons. The Hall–Kier alpha value is -1.65. The normalized spacial score (nSPS) is 29.8. The third-order valence-electron chi connectivity index (χ3n) is 3.04. The van der Waals surface area contributed by atoms with Gasteiger partial charge in [-0.3, -0.25) is 14.4 Å². The molecular formula is C11H13NO4. The predicted molar refractivity (Wildman–Crippen MR) is 54.3 cm³/mol. The number of hydrogen-bond donors (Lipinski definition) is 2. The number of carbonyl (C=O) groups excluding carboxylic acids is 2. The maximum absolute atomic E-state index is 11.8. The lowest BCUT2D eigenvalue weighted by Gasteiger charge is -2.31. The molecule has 5 heteroatoms. The van der Waals surface area contributed by atoms with E-state index in [1.54, 1.807) is 0 Å². The molecule has 0 fully saturated rings. The van der Waals surface area contributed by atoms with Gasteiger partial charge in [-0.2, -0.15) is 0 Å². The third-order valence-corrected chi connectivity index (χ3v) is 3.04.